The number of hydrogen-bond acceptors (Lipinski definition) is 6. The van der Waals surface area contributed by atoms with Crippen molar-refractivity contribution >= 4 is 17.9 Å². The lowest BCUT2D eigenvalue weighted by Gasteiger charge is -2.18. The second-order valence-corrected chi connectivity index (χ2v) is 21.3. The molecule has 0 rings (SSSR count). The Balaban J connectivity index is 4.38. The van der Waals surface area contributed by atoms with E-state index in [1.54, 1.807) is 0 Å². The van der Waals surface area contributed by atoms with Crippen LogP contribution in [0.3, 0.4) is 0 Å². The molecule has 0 aromatic heterocycles. The van der Waals surface area contributed by atoms with E-state index in [0.29, 0.717) is 19.3 Å². The van der Waals surface area contributed by atoms with Crippen molar-refractivity contribution < 1.29 is 28.6 Å². The Morgan fingerprint density at radius 3 is 0.772 bits per heavy atom. The van der Waals surface area contributed by atoms with Crippen molar-refractivity contribution in [3.05, 3.63) is 134 Å². The number of ether oxygens (including phenoxy) is 3. The smallest absolute Gasteiger partial charge is 0.306 e. The van der Waals surface area contributed by atoms with Crippen molar-refractivity contribution in [1.29, 1.82) is 0 Å². The average Bonchev–Trinajstić information content (AvgIpc) is 3.45. The van der Waals surface area contributed by atoms with Gasteiger partial charge in [0.15, 0.2) is 6.10 Å². The van der Waals surface area contributed by atoms with Gasteiger partial charge in [0.1, 0.15) is 13.2 Å². The van der Waals surface area contributed by atoms with E-state index >= 15 is 0 Å². The van der Waals surface area contributed by atoms with Crippen LogP contribution in [0.25, 0.3) is 0 Å². The zero-order valence-electron chi connectivity index (χ0n) is 51.3. The molecule has 0 radical (unpaired) electrons. The molecular weight excluding hydrogens is 973 g/mol. The summed E-state index contributed by atoms with van der Waals surface area (Å²) in [5.74, 6) is -0.923. The summed E-state index contributed by atoms with van der Waals surface area (Å²) in [6, 6.07) is 0. The van der Waals surface area contributed by atoms with Crippen LogP contribution in [0.15, 0.2) is 134 Å². The van der Waals surface area contributed by atoms with E-state index in [1.165, 1.54) is 96.3 Å². The first-order chi connectivity index (χ1) is 39.0. The molecule has 79 heavy (non-hydrogen) atoms. The van der Waals surface area contributed by atoms with Crippen LogP contribution >= 0.6 is 0 Å². The molecule has 0 aliphatic heterocycles. The van der Waals surface area contributed by atoms with E-state index < -0.39 is 6.10 Å². The molecule has 0 aliphatic rings. The topological polar surface area (TPSA) is 78.9 Å². The molecule has 0 spiro atoms. The summed E-state index contributed by atoms with van der Waals surface area (Å²) in [6.07, 6.45) is 93.1. The molecular formula is C73H120O6. The third-order valence-electron chi connectivity index (χ3n) is 13.6. The fraction of sp³-hybridized carbons (Fsp3) is 0.658. The van der Waals surface area contributed by atoms with E-state index in [-0.39, 0.29) is 31.1 Å². The number of esters is 3. The van der Waals surface area contributed by atoms with Gasteiger partial charge in [0.25, 0.3) is 0 Å². The first-order valence-electron chi connectivity index (χ1n) is 32.7. The summed E-state index contributed by atoms with van der Waals surface area (Å²) < 4.78 is 16.9. The van der Waals surface area contributed by atoms with Crippen molar-refractivity contribution in [3.63, 3.8) is 0 Å². The van der Waals surface area contributed by atoms with Gasteiger partial charge in [-0.1, -0.05) is 270 Å². The van der Waals surface area contributed by atoms with Crippen LogP contribution in [0.2, 0.25) is 0 Å². The number of hydrogen-bond donors (Lipinski definition) is 0. The fourth-order valence-electron chi connectivity index (χ4n) is 8.79. The van der Waals surface area contributed by atoms with Gasteiger partial charge in [-0.15, -0.1) is 0 Å². The first kappa shape index (κ1) is 74.5. The largest absolute Gasteiger partial charge is 0.462 e. The molecule has 0 N–H and O–H groups in total. The highest BCUT2D eigenvalue weighted by atomic mass is 16.6. The highest BCUT2D eigenvalue weighted by Crippen LogP contribution is 2.15. The molecule has 0 aromatic rings. The predicted molar refractivity (Wildman–Crippen MR) is 343 cm³/mol. The number of allylic oxidation sites excluding steroid dienone is 22. The standard InChI is InChI=1S/C73H120O6/c1-4-7-10-13-16-19-22-25-28-30-32-33-34-35-36-37-38-39-41-42-45-48-51-54-57-60-63-66-72(75)78-69-70(68-77-71(74)65-62-59-56-53-50-47-44-27-24-21-18-15-12-9-6-3)79-73(76)67-64-61-58-55-52-49-46-43-40-31-29-26-23-20-17-14-11-8-5-2/h7,9-10,12,16-21,25-29,32-33,35-36,40,43-44,70H,4-6,8,11,13-15,22-24,30-31,34,37-39,41-42,45-69H2,1-3H3/b10-7-,12-9-,19-16-,20-17-,21-18-,28-25-,29-26-,33-32-,36-35-,43-40-,44-27-. The lowest BCUT2D eigenvalue weighted by molar-refractivity contribution is -0.167. The molecule has 0 aromatic carbocycles. The van der Waals surface area contributed by atoms with Gasteiger partial charge in [0.2, 0.25) is 0 Å². The molecule has 0 saturated heterocycles. The molecule has 0 aliphatic carbocycles. The van der Waals surface area contributed by atoms with Crippen LogP contribution in [-0.4, -0.2) is 37.2 Å². The summed E-state index contributed by atoms with van der Waals surface area (Å²) in [6.45, 7) is 6.37. The summed E-state index contributed by atoms with van der Waals surface area (Å²) in [7, 11) is 0. The Kier molecular flexibility index (Phi) is 62.3. The van der Waals surface area contributed by atoms with Gasteiger partial charge in [-0.3, -0.25) is 14.4 Å². The van der Waals surface area contributed by atoms with Crippen LogP contribution in [-0.2, 0) is 28.6 Å². The van der Waals surface area contributed by atoms with Gasteiger partial charge in [-0.25, -0.2) is 0 Å². The normalized spacial score (nSPS) is 13.0. The number of unbranched alkanes of at least 4 members (excludes halogenated alkanes) is 25. The summed E-state index contributed by atoms with van der Waals surface area (Å²) >= 11 is 0. The van der Waals surface area contributed by atoms with Crippen LogP contribution in [0.4, 0.5) is 0 Å². The monoisotopic (exact) mass is 1090 g/mol. The summed E-state index contributed by atoms with van der Waals surface area (Å²) in [5, 5.41) is 0. The lowest BCUT2D eigenvalue weighted by atomic mass is 10.0. The van der Waals surface area contributed by atoms with Crippen LogP contribution in [0, 0.1) is 0 Å². The van der Waals surface area contributed by atoms with Gasteiger partial charge in [0, 0.05) is 19.3 Å². The average molecular weight is 1090 g/mol. The maximum atomic E-state index is 12.9. The molecule has 1 unspecified atom stereocenters. The Bertz CT molecular complexity index is 1680. The second-order valence-electron chi connectivity index (χ2n) is 21.3. The van der Waals surface area contributed by atoms with Gasteiger partial charge < -0.3 is 14.2 Å². The molecule has 6 heteroatoms. The third-order valence-corrected chi connectivity index (χ3v) is 13.6. The zero-order chi connectivity index (χ0) is 57.1. The molecule has 448 valence electrons. The van der Waals surface area contributed by atoms with Gasteiger partial charge >= 0.3 is 17.9 Å². The van der Waals surface area contributed by atoms with E-state index in [9.17, 15) is 14.4 Å². The Labute approximate surface area is 487 Å². The number of carbonyl (C=O) groups is 3. The second kappa shape index (κ2) is 66.1. The SMILES string of the molecule is CC/C=C\C/C=C\C/C=C\C/C=C\C/C=C\CCCCCCCCCCCCCC(=O)OCC(COC(=O)CCCCCCC/C=C\C/C=C\C/C=C\CC)OC(=O)CCCCCCCC/C=C\C/C=C\C/C=C\CCCCC. The maximum Gasteiger partial charge on any atom is 0.306 e. The molecule has 0 saturated carbocycles. The van der Waals surface area contributed by atoms with Crippen molar-refractivity contribution in [2.24, 2.45) is 0 Å². The van der Waals surface area contributed by atoms with Crippen molar-refractivity contribution in [2.45, 2.75) is 297 Å². The third kappa shape index (κ3) is 64.3. The minimum Gasteiger partial charge on any atom is -0.462 e. The van der Waals surface area contributed by atoms with E-state index in [2.05, 4.69) is 154 Å². The first-order valence-corrected chi connectivity index (χ1v) is 32.7. The Hall–Kier alpha value is -4.45. The zero-order valence-corrected chi connectivity index (χ0v) is 51.3. The molecule has 0 amide bonds. The van der Waals surface area contributed by atoms with Crippen LogP contribution in [0.5, 0.6) is 0 Å². The van der Waals surface area contributed by atoms with Crippen LogP contribution in [0.1, 0.15) is 290 Å². The molecule has 1 atom stereocenters. The molecule has 6 nitrogen and oxygen atoms in total. The maximum absolute atomic E-state index is 12.9. The van der Waals surface area contributed by atoms with E-state index in [4.69, 9.17) is 14.2 Å². The van der Waals surface area contributed by atoms with E-state index in [1.807, 2.05) is 0 Å². The molecule has 0 fully saturated rings. The minimum atomic E-state index is -0.800. The number of carbonyl (C=O) groups excluding carboxylic acids is 3. The van der Waals surface area contributed by atoms with Gasteiger partial charge in [-0.05, 0) is 135 Å². The predicted octanol–water partition coefficient (Wildman–Crippen LogP) is 22.5. The molecule has 0 bridgehead atoms. The number of rotatable bonds is 58. The van der Waals surface area contributed by atoms with Gasteiger partial charge in [-0.2, -0.15) is 0 Å². The van der Waals surface area contributed by atoms with Crippen molar-refractivity contribution in [2.75, 3.05) is 13.2 Å². The van der Waals surface area contributed by atoms with Gasteiger partial charge in [0.05, 0.1) is 0 Å². The lowest BCUT2D eigenvalue weighted by Crippen LogP contribution is -2.30. The summed E-state index contributed by atoms with van der Waals surface area (Å²) in [4.78, 5) is 38.4. The minimum absolute atomic E-state index is 0.0937. The quantitative estimate of drug-likeness (QED) is 0.0261. The van der Waals surface area contributed by atoms with Crippen molar-refractivity contribution in [1.82, 2.24) is 0 Å². The Morgan fingerprint density at radius 1 is 0.266 bits per heavy atom. The Morgan fingerprint density at radius 2 is 0.494 bits per heavy atom. The highest BCUT2D eigenvalue weighted by Gasteiger charge is 2.19. The summed E-state index contributed by atoms with van der Waals surface area (Å²) in [5.41, 5.74) is 0. The molecule has 0 heterocycles. The fourth-order valence-corrected chi connectivity index (χ4v) is 8.79. The highest BCUT2D eigenvalue weighted by molar-refractivity contribution is 5.71. The van der Waals surface area contributed by atoms with E-state index in [0.717, 1.165) is 154 Å². The van der Waals surface area contributed by atoms with Crippen molar-refractivity contribution in [3.8, 4) is 0 Å². The van der Waals surface area contributed by atoms with Crippen LogP contribution < -0.4 is 0 Å².